The van der Waals surface area contributed by atoms with Crippen molar-refractivity contribution in [1.29, 1.82) is 0 Å². The number of rotatable bonds is 7. The van der Waals surface area contributed by atoms with Crippen molar-refractivity contribution in [1.82, 2.24) is 0 Å². The first kappa shape index (κ1) is 16.8. The van der Waals surface area contributed by atoms with Crippen molar-refractivity contribution >= 4 is 21.7 Å². The molecule has 0 spiro atoms. The van der Waals surface area contributed by atoms with Crippen molar-refractivity contribution in [3.8, 4) is 5.75 Å². The number of anilines is 1. The molecule has 2 aromatic rings. The van der Waals surface area contributed by atoms with Crippen LogP contribution in [0, 0.1) is 6.92 Å². The summed E-state index contributed by atoms with van der Waals surface area (Å²) >= 11 is 0. The van der Waals surface area contributed by atoms with Crippen molar-refractivity contribution < 1.29 is 23.1 Å². The molecular weight excluding hydrogens is 318 g/mol. The highest BCUT2D eigenvalue weighted by Gasteiger charge is 2.14. The second-order valence-electron chi connectivity index (χ2n) is 4.94. The van der Waals surface area contributed by atoms with E-state index in [4.69, 9.17) is 9.84 Å². The highest BCUT2D eigenvalue weighted by molar-refractivity contribution is 7.92. The molecule has 0 unspecified atom stereocenters. The van der Waals surface area contributed by atoms with Gasteiger partial charge in [0.15, 0.2) is 0 Å². The summed E-state index contributed by atoms with van der Waals surface area (Å²) < 4.78 is 32.3. The van der Waals surface area contributed by atoms with E-state index in [-0.39, 0.29) is 17.9 Å². The number of nitrogens with one attached hydrogen (secondary N) is 1. The normalized spacial score (nSPS) is 11.0. The molecule has 0 atom stereocenters. The number of aryl methyl sites for hydroxylation is 1. The molecule has 122 valence electrons. The quantitative estimate of drug-likeness (QED) is 0.811. The van der Waals surface area contributed by atoms with Gasteiger partial charge < -0.3 is 9.84 Å². The maximum Gasteiger partial charge on any atom is 0.306 e. The van der Waals surface area contributed by atoms with Crippen LogP contribution in [0.15, 0.2) is 53.4 Å². The average Bonchev–Trinajstić information content (AvgIpc) is 2.48. The van der Waals surface area contributed by atoms with Gasteiger partial charge in [0.2, 0.25) is 0 Å². The standard InChI is InChI=1S/C16H17NO5S/c1-12-3-2-4-15(11-12)23(20,21)17-13-5-7-14(8-6-13)22-10-9-16(18)19/h2-8,11,17H,9-10H2,1H3,(H,18,19). The number of hydrogen-bond acceptors (Lipinski definition) is 4. The zero-order valence-corrected chi connectivity index (χ0v) is 13.3. The summed E-state index contributed by atoms with van der Waals surface area (Å²) in [4.78, 5) is 10.6. The number of hydrogen-bond donors (Lipinski definition) is 2. The zero-order chi connectivity index (χ0) is 16.9. The molecule has 23 heavy (non-hydrogen) atoms. The minimum Gasteiger partial charge on any atom is -0.493 e. The number of benzene rings is 2. The van der Waals surface area contributed by atoms with Gasteiger partial charge in [-0.05, 0) is 48.9 Å². The molecule has 2 rings (SSSR count). The smallest absolute Gasteiger partial charge is 0.306 e. The summed E-state index contributed by atoms with van der Waals surface area (Å²) in [5.41, 5.74) is 1.26. The Labute approximate surface area is 134 Å². The monoisotopic (exact) mass is 335 g/mol. The fraction of sp³-hybridized carbons (Fsp3) is 0.188. The highest BCUT2D eigenvalue weighted by Crippen LogP contribution is 2.20. The molecule has 7 heteroatoms. The fourth-order valence-electron chi connectivity index (χ4n) is 1.87. The molecule has 0 bridgehead atoms. The minimum absolute atomic E-state index is 0.0592. The van der Waals surface area contributed by atoms with Crippen molar-refractivity contribution in [3.63, 3.8) is 0 Å². The van der Waals surface area contributed by atoms with Gasteiger partial charge in [-0.2, -0.15) is 0 Å². The second kappa shape index (κ2) is 7.15. The summed E-state index contributed by atoms with van der Waals surface area (Å²) in [5, 5.41) is 8.53. The van der Waals surface area contributed by atoms with Crippen LogP contribution in [0.3, 0.4) is 0 Å². The molecule has 0 amide bonds. The molecule has 0 aliphatic carbocycles. The molecule has 0 saturated heterocycles. The Balaban J connectivity index is 2.04. The number of carboxylic acid groups (broad SMARTS) is 1. The maximum absolute atomic E-state index is 12.3. The Morgan fingerprint density at radius 1 is 1.17 bits per heavy atom. The minimum atomic E-state index is -3.65. The lowest BCUT2D eigenvalue weighted by atomic mass is 10.2. The van der Waals surface area contributed by atoms with E-state index in [2.05, 4.69) is 4.72 Å². The van der Waals surface area contributed by atoms with Crippen molar-refractivity contribution in [2.75, 3.05) is 11.3 Å². The van der Waals surface area contributed by atoms with Crippen LogP contribution in [0.2, 0.25) is 0 Å². The van der Waals surface area contributed by atoms with Gasteiger partial charge in [0, 0.05) is 5.69 Å². The highest BCUT2D eigenvalue weighted by atomic mass is 32.2. The molecular formula is C16H17NO5S. The molecule has 0 fully saturated rings. The predicted octanol–water partition coefficient (Wildman–Crippen LogP) is 2.65. The van der Waals surface area contributed by atoms with E-state index in [0.717, 1.165) is 5.56 Å². The van der Waals surface area contributed by atoms with Crippen LogP contribution in [-0.2, 0) is 14.8 Å². The van der Waals surface area contributed by atoms with E-state index in [0.29, 0.717) is 11.4 Å². The van der Waals surface area contributed by atoms with Crippen LogP contribution in [0.5, 0.6) is 5.75 Å². The van der Waals surface area contributed by atoms with E-state index >= 15 is 0 Å². The Morgan fingerprint density at radius 2 is 1.87 bits per heavy atom. The Bertz CT molecular complexity index is 784. The van der Waals surface area contributed by atoms with Gasteiger partial charge >= 0.3 is 5.97 Å². The lowest BCUT2D eigenvalue weighted by Gasteiger charge is -2.10. The lowest BCUT2D eigenvalue weighted by Crippen LogP contribution is -2.13. The van der Waals surface area contributed by atoms with Gasteiger partial charge in [0.25, 0.3) is 10.0 Å². The van der Waals surface area contributed by atoms with E-state index in [9.17, 15) is 13.2 Å². The summed E-state index contributed by atoms with van der Waals surface area (Å²) in [6, 6.07) is 12.9. The zero-order valence-electron chi connectivity index (χ0n) is 12.5. The summed E-state index contributed by atoms with van der Waals surface area (Å²) in [7, 11) is -3.65. The third kappa shape index (κ3) is 5.00. The third-order valence-electron chi connectivity index (χ3n) is 2.99. The molecule has 0 radical (unpaired) electrons. The first-order chi connectivity index (χ1) is 10.9. The molecule has 0 saturated carbocycles. The molecule has 0 aromatic heterocycles. The predicted molar refractivity (Wildman–Crippen MR) is 86.2 cm³/mol. The Hall–Kier alpha value is -2.54. The fourth-order valence-corrected chi connectivity index (χ4v) is 3.03. The summed E-state index contributed by atoms with van der Waals surface area (Å²) in [6.45, 7) is 1.88. The first-order valence-electron chi connectivity index (χ1n) is 6.91. The number of carbonyl (C=O) groups is 1. The van der Waals surface area contributed by atoms with Crippen LogP contribution in [0.4, 0.5) is 5.69 Å². The second-order valence-corrected chi connectivity index (χ2v) is 6.62. The summed E-state index contributed by atoms with van der Waals surface area (Å²) in [5.74, 6) is -0.461. The van der Waals surface area contributed by atoms with Crippen molar-refractivity contribution in [3.05, 3.63) is 54.1 Å². The van der Waals surface area contributed by atoms with Crippen LogP contribution < -0.4 is 9.46 Å². The molecule has 0 aliphatic rings. The van der Waals surface area contributed by atoms with Crippen molar-refractivity contribution in [2.45, 2.75) is 18.2 Å². The SMILES string of the molecule is Cc1cccc(S(=O)(=O)Nc2ccc(OCCC(=O)O)cc2)c1. The van der Waals surface area contributed by atoms with E-state index in [1.54, 1.807) is 36.4 Å². The van der Waals surface area contributed by atoms with Gasteiger partial charge in [-0.1, -0.05) is 12.1 Å². The van der Waals surface area contributed by atoms with Gasteiger partial charge in [-0.3, -0.25) is 9.52 Å². The van der Waals surface area contributed by atoms with Gasteiger partial charge in [0.1, 0.15) is 5.75 Å². The Kier molecular flexibility index (Phi) is 5.23. The molecule has 0 heterocycles. The lowest BCUT2D eigenvalue weighted by molar-refractivity contribution is -0.137. The van der Waals surface area contributed by atoms with E-state index in [1.807, 2.05) is 13.0 Å². The summed E-state index contributed by atoms with van der Waals surface area (Å²) in [6.07, 6.45) is -0.0955. The van der Waals surface area contributed by atoms with Gasteiger partial charge in [-0.25, -0.2) is 8.42 Å². The topological polar surface area (TPSA) is 92.7 Å². The number of aliphatic carboxylic acids is 1. The largest absolute Gasteiger partial charge is 0.493 e. The average molecular weight is 335 g/mol. The van der Waals surface area contributed by atoms with E-state index in [1.165, 1.54) is 6.07 Å². The number of sulfonamides is 1. The molecule has 6 nitrogen and oxygen atoms in total. The molecule has 2 aromatic carbocycles. The number of carboxylic acids is 1. The molecule has 0 aliphatic heterocycles. The van der Waals surface area contributed by atoms with E-state index < -0.39 is 16.0 Å². The van der Waals surface area contributed by atoms with Crippen LogP contribution in [-0.4, -0.2) is 26.1 Å². The number of ether oxygens (including phenoxy) is 1. The third-order valence-corrected chi connectivity index (χ3v) is 4.37. The van der Waals surface area contributed by atoms with Crippen LogP contribution in [0.1, 0.15) is 12.0 Å². The van der Waals surface area contributed by atoms with Crippen molar-refractivity contribution in [2.24, 2.45) is 0 Å². The van der Waals surface area contributed by atoms with Gasteiger partial charge in [-0.15, -0.1) is 0 Å². The Morgan fingerprint density at radius 3 is 2.48 bits per heavy atom. The molecule has 2 N–H and O–H groups in total. The van der Waals surface area contributed by atoms with Crippen LogP contribution in [0.25, 0.3) is 0 Å². The maximum atomic E-state index is 12.3. The van der Waals surface area contributed by atoms with Gasteiger partial charge in [0.05, 0.1) is 17.9 Å². The first-order valence-corrected chi connectivity index (χ1v) is 8.39. The van der Waals surface area contributed by atoms with Crippen LogP contribution >= 0.6 is 0 Å².